The largest absolute Gasteiger partial charge is 0.492 e. The lowest BCUT2D eigenvalue weighted by Gasteiger charge is -2.30. The molecule has 0 bridgehead atoms. The molecule has 0 spiro atoms. The molecule has 104 valence electrons. The number of hydrogen-bond donors (Lipinski definition) is 1. The zero-order chi connectivity index (χ0) is 14.2. The minimum Gasteiger partial charge on any atom is -0.492 e. The highest BCUT2D eigenvalue weighted by Gasteiger charge is 2.29. The van der Waals surface area contributed by atoms with Gasteiger partial charge in [0.1, 0.15) is 5.60 Å². The van der Waals surface area contributed by atoms with Crippen LogP contribution in [0.25, 0.3) is 6.08 Å². The summed E-state index contributed by atoms with van der Waals surface area (Å²) in [7, 11) is 3.12. The van der Waals surface area contributed by atoms with Gasteiger partial charge in [-0.3, -0.25) is 0 Å². The Hall–Kier alpha value is -1.68. The van der Waals surface area contributed by atoms with Gasteiger partial charge in [0.05, 0.1) is 20.3 Å². The van der Waals surface area contributed by atoms with Crippen molar-refractivity contribution < 1.29 is 19.3 Å². The number of methoxy groups -OCH3 is 2. The summed E-state index contributed by atoms with van der Waals surface area (Å²) in [6.45, 7) is 5.64. The number of benzene rings is 1. The highest BCUT2D eigenvalue weighted by molar-refractivity contribution is 5.71. The predicted molar refractivity (Wildman–Crippen MR) is 73.9 cm³/mol. The van der Waals surface area contributed by atoms with Gasteiger partial charge in [-0.25, -0.2) is 0 Å². The Morgan fingerprint density at radius 3 is 2.37 bits per heavy atom. The van der Waals surface area contributed by atoms with Crippen LogP contribution < -0.4 is 14.2 Å². The summed E-state index contributed by atoms with van der Waals surface area (Å²) in [5.41, 5.74) is 1.18. The zero-order valence-electron chi connectivity index (χ0n) is 12.0. The second-order valence-corrected chi connectivity index (χ2v) is 5.17. The topological polar surface area (TPSA) is 47.9 Å². The van der Waals surface area contributed by atoms with Gasteiger partial charge in [0.2, 0.25) is 5.75 Å². The molecule has 0 saturated heterocycles. The molecule has 1 aromatic carbocycles. The van der Waals surface area contributed by atoms with Crippen LogP contribution in [-0.2, 0) is 0 Å². The number of rotatable bonds is 3. The lowest BCUT2D eigenvalue weighted by molar-refractivity contribution is 0.149. The highest BCUT2D eigenvalue weighted by atomic mass is 16.5. The first kappa shape index (κ1) is 13.7. The first-order valence-corrected chi connectivity index (χ1v) is 6.25. The molecule has 0 aliphatic carbocycles. The van der Waals surface area contributed by atoms with Crippen molar-refractivity contribution in [2.75, 3.05) is 14.2 Å². The lowest BCUT2D eigenvalue weighted by Crippen LogP contribution is -2.28. The van der Waals surface area contributed by atoms with Crippen LogP contribution in [0.1, 0.15) is 38.0 Å². The van der Waals surface area contributed by atoms with Gasteiger partial charge in [-0.15, -0.1) is 0 Å². The molecule has 4 nitrogen and oxygen atoms in total. The average Bonchev–Trinajstić information content (AvgIpc) is 2.35. The summed E-state index contributed by atoms with van der Waals surface area (Å²) >= 11 is 0. The quantitative estimate of drug-likeness (QED) is 0.911. The van der Waals surface area contributed by atoms with Crippen LogP contribution >= 0.6 is 0 Å². The summed E-state index contributed by atoms with van der Waals surface area (Å²) in [4.78, 5) is 0. The first-order valence-electron chi connectivity index (χ1n) is 6.25. The van der Waals surface area contributed by atoms with Crippen molar-refractivity contribution in [1.82, 2.24) is 0 Å². The molecule has 1 aliphatic heterocycles. The van der Waals surface area contributed by atoms with Gasteiger partial charge in [0, 0.05) is 11.1 Å². The fraction of sp³-hybridized carbons (Fsp3) is 0.467. The summed E-state index contributed by atoms with van der Waals surface area (Å²) < 4.78 is 16.7. The van der Waals surface area contributed by atoms with Gasteiger partial charge in [-0.1, -0.05) is 6.08 Å². The summed E-state index contributed by atoms with van der Waals surface area (Å²) in [6, 6.07) is 1.87. The smallest absolute Gasteiger partial charge is 0.204 e. The SMILES string of the molecule is COc1c([C@@H](C)O)cc2c(c1OC)OC(C)(C)C=C2. The number of aliphatic hydroxyl groups is 1. The lowest BCUT2D eigenvalue weighted by atomic mass is 9.98. The Kier molecular flexibility index (Phi) is 3.45. The Morgan fingerprint density at radius 2 is 1.84 bits per heavy atom. The molecule has 1 N–H and O–H groups in total. The van der Waals surface area contributed by atoms with Crippen molar-refractivity contribution in [3.05, 3.63) is 23.3 Å². The van der Waals surface area contributed by atoms with Crippen LogP contribution in [0.2, 0.25) is 0 Å². The molecule has 0 unspecified atom stereocenters. The molecule has 0 aromatic heterocycles. The fourth-order valence-corrected chi connectivity index (χ4v) is 2.19. The monoisotopic (exact) mass is 264 g/mol. The van der Waals surface area contributed by atoms with E-state index in [-0.39, 0.29) is 0 Å². The summed E-state index contributed by atoms with van der Waals surface area (Å²) in [5, 5.41) is 9.86. The minimum absolute atomic E-state index is 0.391. The van der Waals surface area contributed by atoms with Crippen LogP contribution in [0, 0.1) is 0 Å². The third-order valence-corrected chi connectivity index (χ3v) is 3.14. The van der Waals surface area contributed by atoms with Gasteiger partial charge in [0.15, 0.2) is 11.5 Å². The van der Waals surface area contributed by atoms with Crippen LogP contribution in [0.4, 0.5) is 0 Å². The molecular formula is C15H20O4. The number of aliphatic hydroxyl groups excluding tert-OH is 1. The van der Waals surface area contributed by atoms with E-state index in [1.807, 2.05) is 32.1 Å². The van der Waals surface area contributed by atoms with E-state index in [9.17, 15) is 5.11 Å². The van der Waals surface area contributed by atoms with Crippen LogP contribution in [-0.4, -0.2) is 24.9 Å². The van der Waals surface area contributed by atoms with E-state index in [1.54, 1.807) is 21.1 Å². The van der Waals surface area contributed by atoms with E-state index in [4.69, 9.17) is 14.2 Å². The van der Waals surface area contributed by atoms with Gasteiger partial charge < -0.3 is 19.3 Å². The van der Waals surface area contributed by atoms with E-state index >= 15 is 0 Å². The second kappa shape index (κ2) is 4.78. The maximum absolute atomic E-state index is 9.86. The van der Waals surface area contributed by atoms with Gasteiger partial charge in [-0.05, 0) is 32.9 Å². The summed E-state index contributed by atoms with van der Waals surface area (Å²) in [5.74, 6) is 1.69. The molecule has 0 saturated carbocycles. The average molecular weight is 264 g/mol. The molecule has 0 fully saturated rings. The number of ether oxygens (including phenoxy) is 3. The zero-order valence-corrected chi connectivity index (χ0v) is 12.0. The normalized spacial score (nSPS) is 17.4. The number of fused-ring (bicyclic) bond motifs is 1. The molecule has 19 heavy (non-hydrogen) atoms. The Balaban J connectivity index is 2.68. The Bertz CT molecular complexity index is 515. The van der Waals surface area contributed by atoms with E-state index in [0.717, 1.165) is 5.56 Å². The molecule has 1 aromatic rings. The minimum atomic E-state index is -0.641. The molecule has 2 rings (SSSR count). The van der Waals surface area contributed by atoms with Gasteiger partial charge >= 0.3 is 0 Å². The fourth-order valence-electron chi connectivity index (χ4n) is 2.19. The van der Waals surface area contributed by atoms with Gasteiger partial charge in [0.25, 0.3) is 0 Å². The van der Waals surface area contributed by atoms with Crippen molar-refractivity contribution in [1.29, 1.82) is 0 Å². The van der Waals surface area contributed by atoms with Crippen molar-refractivity contribution in [3.63, 3.8) is 0 Å². The number of hydrogen-bond acceptors (Lipinski definition) is 4. The molecule has 1 heterocycles. The van der Waals surface area contributed by atoms with E-state index in [1.165, 1.54) is 0 Å². The molecule has 0 amide bonds. The van der Waals surface area contributed by atoms with Gasteiger partial charge in [-0.2, -0.15) is 0 Å². The van der Waals surface area contributed by atoms with E-state index < -0.39 is 11.7 Å². The van der Waals surface area contributed by atoms with Crippen molar-refractivity contribution >= 4 is 6.08 Å². The van der Waals surface area contributed by atoms with Crippen LogP contribution in [0.5, 0.6) is 17.2 Å². The van der Waals surface area contributed by atoms with E-state index in [2.05, 4.69) is 0 Å². The third kappa shape index (κ3) is 2.40. The highest BCUT2D eigenvalue weighted by Crippen LogP contribution is 2.48. The predicted octanol–water partition coefficient (Wildman–Crippen LogP) is 2.94. The van der Waals surface area contributed by atoms with Crippen molar-refractivity contribution in [2.45, 2.75) is 32.5 Å². The maximum atomic E-state index is 9.86. The maximum Gasteiger partial charge on any atom is 0.204 e. The Morgan fingerprint density at radius 1 is 1.21 bits per heavy atom. The third-order valence-electron chi connectivity index (χ3n) is 3.14. The first-order chi connectivity index (χ1) is 8.89. The summed E-state index contributed by atoms with van der Waals surface area (Å²) in [6.07, 6.45) is 3.32. The van der Waals surface area contributed by atoms with Crippen molar-refractivity contribution in [3.8, 4) is 17.2 Å². The van der Waals surface area contributed by atoms with Crippen molar-refractivity contribution in [2.24, 2.45) is 0 Å². The van der Waals surface area contributed by atoms with Crippen LogP contribution in [0.15, 0.2) is 12.1 Å². The molecular weight excluding hydrogens is 244 g/mol. The molecule has 1 aliphatic rings. The van der Waals surface area contributed by atoms with E-state index in [0.29, 0.717) is 22.8 Å². The molecule has 0 radical (unpaired) electrons. The second-order valence-electron chi connectivity index (χ2n) is 5.17. The van der Waals surface area contributed by atoms with Crippen LogP contribution in [0.3, 0.4) is 0 Å². The Labute approximate surface area is 113 Å². The molecule has 1 atom stereocenters. The molecule has 4 heteroatoms. The standard InChI is InChI=1S/C15H20O4/c1-9(16)11-8-10-6-7-15(2,3)19-12(10)14(18-5)13(11)17-4/h6-9,16H,1-5H3/t9-/m1/s1.